The molecule has 0 fully saturated rings. The van der Waals surface area contributed by atoms with E-state index in [4.69, 9.17) is 12.2 Å². The molecule has 5 heteroatoms. The summed E-state index contributed by atoms with van der Waals surface area (Å²) in [5.74, 6) is 0. The zero-order chi connectivity index (χ0) is 14.4. The zero-order valence-corrected chi connectivity index (χ0v) is 13.3. The maximum atomic E-state index is 5.19. The highest BCUT2D eigenvalue weighted by Gasteiger charge is 1.99. The van der Waals surface area contributed by atoms with Crippen LogP contribution < -0.4 is 10.7 Å². The summed E-state index contributed by atoms with van der Waals surface area (Å²) in [5, 5.41) is 7.80. The minimum absolute atomic E-state index is 0.463. The van der Waals surface area contributed by atoms with Crippen molar-refractivity contribution in [2.24, 2.45) is 5.10 Å². The highest BCUT2D eigenvalue weighted by atomic mass is 79.9. The molecule has 0 aliphatic heterocycles. The Kier molecular flexibility index (Phi) is 5.26. The zero-order valence-electron chi connectivity index (χ0n) is 10.9. The molecule has 0 heterocycles. The van der Waals surface area contributed by atoms with Crippen LogP contribution in [-0.4, -0.2) is 10.8 Å². The van der Waals surface area contributed by atoms with Gasteiger partial charge in [0.2, 0.25) is 0 Å². The largest absolute Gasteiger partial charge is 0.331 e. The average Bonchev–Trinajstić information content (AvgIpc) is 2.46. The maximum Gasteiger partial charge on any atom is 0.191 e. The fraction of sp³-hybridized carbons (Fsp3) is 0.0667. The van der Waals surface area contributed by atoms with Gasteiger partial charge in [0.25, 0.3) is 0 Å². The minimum atomic E-state index is 0.463. The third kappa shape index (κ3) is 4.43. The van der Waals surface area contributed by atoms with Crippen LogP contribution in [0.3, 0.4) is 0 Å². The van der Waals surface area contributed by atoms with Gasteiger partial charge in [0.15, 0.2) is 5.11 Å². The molecule has 2 rings (SSSR count). The van der Waals surface area contributed by atoms with E-state index in [9.17, 15) is 0 Å². The van der Waals surface area contributed by atoms with Crippen molar-refractivity contribution in [1.29, 1.82) is 0 Å². The number of para-hydroxylation sites is 1. The van der Waals surface area contributed by atoms with Crippen molar-refractivity contribution in [2.75, 3.05) is 5.32 Å². The van der Waals surface area contributed by atoms with Gasteiger partial charge in [-0.05, 0) is 49.0 Å². The summed E-state index contributed by atoms with van der Waals surface area (Å²) in [6.07, 6.45) is 0. The Balaban J connectivity index is 1.97. The van der Waals surface area contributed by atoms with Crippen LogP contribution in [0, 0.1) is 0 Å². The van der Waals surface area contributed by atoms with Gasteiger partial charge in [-0.25, -0.2) is 0 Å². The third-order valence-electron chi connectivity index (χ3n) is 2.60. The molecule has 0 aliphatic rings. The first-order chi connectivity index (χ1) is 9.65. The van der Waals surface area contributed by atoms with Gasteiger partial charge in [-0.15, -0.1) is 0 Å². The van der Waals surface area contributed by atoms with Crippen molar-refractivity contribution in [1.82, 2.24) is 5.43 Å². The molecule has 0 saturated heterocycles. The Labute approximate surface area is 132 Å². The lowest BCUT2D eigenvalue weighted by molar-refractivity contribution is 1.04. The van der Waals surface area contributed by atoms with Crippen LogP contribution in [0.15, 0.2) is 64.2 Å². The van der Waals surface area contributed by atoms with Crippen molar-refractivity contribution >= 4 is 44.7 Å². The molecule has 102 valence electrons. The molecular formula is C15H14BrN3S. The molecule has 2 N–H and O–H groups in total. The van der Waals surface area contributed by atoms with Crippen LogP contribution in [0.1, 0.15) is 12.5 Å². The molecular weight excluding hydrogens is 334 g/mol. The minimum Gasteiger partial charge on any atom is -0.331 e. The molecule has 0 spiro atoms. The highest BCUT2D eigenvalue weighted by Crippen LogP contribution is 2.12. The van der Waals surface area contributed by atoms with Gasteiger partial charge >= 0.3 is 0 Å². The number of hydrazone groups is 1. The number of nitrogens with one attached hydrogen (secondary N) is 2. The molecule has 0 radical (unpaired) electrons. The van der Waals surface area contributed by atoms with Gasteiger partial charge in [0, 0.05) is 10.2 Å². The predicted molar refractivity (Wildman–Crippen MR) is 92.2 cm³/mol. The Bertz CT molecular complexity index is 626. The van der Waals surface area contributed by atoms with Gasteiger partial charge < -0.3 is 5.32 Å². The standard InChI is InChI=1S/C15H14BrN3S/c1-11(12-6-5-7-13(16)10-12)18-19-15(20)17-14-8-3-2-4-9-14/h2-10H,1H3,(H2,17,19,20)/b18-11-. The Morgan fingerprint density at radius 2 is 1.85 bits per heavy atom. The number of rotatable bonds is 3. The summed E-state index contributed by atoms with van der Waals surface area (Å²) in [7, 11) is 0. The fourth-order valence-electron chi connectivity index (χ4n) is 1.59. The smallest absolute Gasteiger partial charge is 0.191 e. The summed E-state index contributed by atoms with van der Waals surface area (Å²) >= 11 is 8.63. The SMILES string of the molecule is C/C(=N/NC(=S)Nc1ccccc1)c1cccc(Br)c1. The van der Waals surface area contributed by atoms with Crippen molar-refractivity contribution in [3.05, 3.63) is 64.6 Å². The average molecular weight is 348 g/mol. The van der Waals surface area contributed by atoms with E-state index in [1.54, 1.807) is 0 Å². The lowest BCUT2D eigenvalue weighted by Crippen LogP contribution is -2.24. The topological polar surface area (TPSA) is 36.4 Å². The molecule has 0 aromatic heterocycles. The van der Waals surface area contributed by atoms with Crippen molar-refractivity contribution in [2.45, 2.75) is 6.92 Å². The van der Waals surface area contributed by atoms with Crippen LogP contribution in [0.4, 0.5) is 5.69 Å². The summed E-state index contributed by atoms with van der Waals surface area (Å²) in [4.78, 5) is 0. The van der Waals surface area contributed by atoms with Crippen molar-refractivity contribution in [3.63, 3.8) is 0 Å². The van der Waals surface area contributed by atoms with E-state index < -0.39 is 0 Å². The van der Waals surface area contributed by atoms with Crippen LogP contribution >= 0.6 is 28.1 Å². The summed E-state index contributed by atoms with van der Waals surface area (Å²) in [5.41, 5.74) is 5.67. The van der Waals surface area contributed by atoms with Crippen LogP contribution in [0.5, 0.6) is 0 Å². The highest BCUT2D eigenvalue weighted by molar-refractivity contribution is 9.10. The molecule has 0 amide bonds. The second-order valence-electron chi connectivity index (χ2n) is 4.14. The Hall–Kier alpha value is -1.72. The lowest BCUT2D eigenvalue weighted by atomic mass is 10.1. The number of hydrogen-bond donors (Lipinski definition) is 2. The molecule has 2 aromatic rings. The molecule has 2 aromatic carbocycles. The lowest BCUT2D eigenvalue weighted by Gasteiger charge is -2.08. The van der Waals surface area contributed by atoms with Gasteiger partial charge in [-0.3, -0.25) is 5.43 Å². The van der Waals surface area contributed by atoms with E-state index in [-0.39, 0.29) is 0 Å². The summed E-state index contributed by atoms with van der Waals surface area (Å²) in [6.45, 7) is 1.93. The van der Waals surface area contributed by atoms with Crippen molar-refractivity contribution in [3.8, 4) is 0 Å². The summed E-state index contributed by atoms with van der Waals surface area (Å²) < 4.78 is 1.02. The molecule has 20 heavy (non-hydrogen) atoms. The Morgan fingerprint density at radius 1 is 1.10 bits per heavy atom. The molecule has 0 atom stereocenters. The number of benzene rings is 2. The van der Waals surface area contributed by atoms with Gasteiger partial charge in [0.05, 0.1) is 5.71 Å². The first kappa shape index (κ1) is 14.7. The summed E-state index contributed by atoms with van der Waals surface area (Å²) in [6, 6.07) is 17.7. The molecule has 0 bridgehead atoms. The van der Waals surface area contributed by atoms with E-state index in [2.05, 4.69) is 31.8 Å². The fourth-order valence-corrected chi connectivity index (χ4v) is 2.16. The van der Waals surface area contributed by atoms with E-state index in [0.717, 1.165) is 21.4 Å². The van der Waals surface area contributed by atoms with Crippen LogP contribution in [-0.2, 0) is 0 Å². The molecule has 3 nitrogen and oxygen atoms in total. The van der Waals surface area contributed by atoms with E-state index in [1.807, 2.05) is 61.5 Å². The van der Waals surface area contributed by atoms with Crippen LogP contribution in [0.25, 0.3) is 0 Å². The normalized spacial score (nSPS) is 11.0. The van der Waals surface area contributed by atoms with Gasteiger partial charge in [-0.1, -0.05) is 46.3 Å². The molecule has 0 aliphatic carbocycles. The predicted octanol–water partition coefficient (Wildman–Crippen LogP) is 4.16. The Morgan fingerprint density at radius 3 is 2.55 bits per heavy atom. The number of halogens is 1. The first-order valence-corrected chi connectivity index (χ1v) is 7.27. The molecule has 0 saturated carbocycles. The van der Waals surface area contributed by atoms with E-state index >= 15 is 0 Å². The second kappa shape index (κ2) is 7.17. The number of anilines is 1. The van der Waals surface area contributed by atoms with E-state index in [0.29, 0.717) is 5.11 Å². The molecule has 0 unspecified atom stereocenters. The number of hydrogen-bond acceptors (Lipinski definition) is 2. The van der Waals surface area contributed by atoms with Crippen LogP contribution in [0.2, 0.25) is 0 Å². The first-order valence-electron chi connectivity index (χ1n) is 6.07. The number of nitrogens with zero attached hydrogens (tertiary/aromatic N) is 1. The van der Waals surface area contributed by atoms with Crippen molar-refractivity contribution < 1.29 is 0 Å². The number of thiocarbonyl (C=S) groups is 1. The van der Waals surface area contributed by atoms with Gasteiger partial charge in [-0.2, -0.15) is 5.10 Å². The quantitative estimate of drug-likeness (QED) is 0.497. The maximum absolute atomic E-state index is 5.19. The monoisotopic (exact) mass is 347 g/mol. The third-order valence-corrected chi connectivity index (χ3v) is 3.29. The second-order valence-corrected chi connectivity index (χ2v) is 5.46. The van der Waals surface area contributed by atoms with E-state index in [1.165, 1.54) is 0 Å². The van der Waals surface area contributed by atoms with Gasteiger partial charge in [0.1, 0.15) is 0 Å².